The van der Waals surface area contributed by atoms with Gasteiger partial charge < -0.3 is 29.9 Å². The molecule has 2 aromatic carbocycles. The van der Waals surface area contributed by atoms with E-state index in [0.29, 0.717) is 35.7 Å². The van der Waals surface area contributed by atoms with Crippen molar-refractivity contribution >= 4 is 36.4 Å². The number of hydrogen-bond acceptors (Lipinski definition) is 7. The average molecular weight is 687 g/mol. The number of nitrogens with one attached hydrogen (secondary N) is 2. The van der Waals surface area contributed by atoms with Crippen LogP contribution in [0.3, 0.4) is 0 Å². The Labute approximate surface area is 293 Å². The van der Waals surface area contributed by atoms with Crippen LogP contribution in [0.5, 0.6) is 11.5 Å². The number of amides is 1. The van der Waals surface area contributed by atoms with Crippen LogP contribution in [0.1, 0.15) is 93.1 Å². The molecular formula is C37H53Cl2N5O3. The lowest BCUT2D eigenvalue weighted by molar-refractivity contribution is 0.0595. The van der Waals surface area contributed by atoms with E-state index < -0.39 is 0 Å². The van der Waals surface area contributed by atoms with Gasteiger partial charge in [-0.25, -0.2) is 0 Å². The molecule has 258 valence electrons. The number of benzene rings is 2. The van der Waals surface area contributed by atoms with Crippen molar-refractivity contribution in [1.82, 2.24) is 15.5 Å². The maximum Gasteiger partial charge on any atom is 0.253 e. The van der Waals surface area contributed by atoms with Crippen LogP contribution in [0.15, 0.2) is 36.4 Å². The van der Waals surface area contributed by atoms with Crippen molar-refractivity contribution in [2.75, 3.05) is 57.3 Å². The zero-order chi connectivity index (χ0) is 31.4. The Morgan fingerprint density at radius 3 is 2.15 bits per heavy atom. The van der Waals surface area contributed by atoms with Gasteiger partial charge in [-0.2, -0.15) is 5.26 Å². The van der Waals surface area contributed by atoms with Gasteiger partial charge in [0.1, 0.15) is 29.8 Å². The molecule has 0 bridgehead atoms. The van der Waals surface area contributed by atoms with Crippen molar-refractivity contribution in [2.45, 2.75) is 83.8 Å². The molecule has 0 spiro atoms. The lowest BCUT2D eigenvalue weighted by atomic mass is 9.68. The highest BCUT2D eigenvalue weighted by molar-refractivity contribution is 5.94. The highest BCUT2D eigenvalue weighted by atomic mass is 35.5. The van der Waals surface area contributed by atoms with Crippen LogP contribution in [0, 0.1) is 22.7 Å². The minimum absolute atomic E-state index is 0. The summed E-state index contributed by atoms with van der Waals surface area (Å²) < 4.78 is 13.0. The number of piperidine rings is 1. The molecule has 0 aromatic heterocycles. The van der Waals surface area contributed by atoms with Crippen LogP contribution in [-0.2, 0) is 0 Å². The fraction of sp³-hybridized carbons (Fsp3) is 0.622. The van der Waals surface area contributed by atoms with Crippen molar-refractivity contribution in [3.05, 3.63) is 53.1 Å². The maximum atomic E-state index is 13.8. The molecule has 3 saturated heterocycles. The molecule has 8 nitrogen and oxygen atoms in total. The fourth-order valence-corrected chi connectivity index (χ4v) is 7.65. The molecular weight excluding hydrogens is 633 g/mol. The number of rotatable bonds is 7. The highest BCUT2D eigenvalue weighted by Gasteiger charge is 2.33. The van der Waals surface area contributed by atoms with Gasteiger partial charge in [-0.05, 0) is 91.8 Å². The minimum Gasteiger partial charge on any atom is -0.489 e. The molecule has 6 rings (SSSR count). The van der Waals surface area contributed by atoms with Gasteiger partial charge in [-0.3, -0.25) is 4.79 Å². The Hall–Kier alpha value is -2.70. The fourth-order valence-electron chi connectivity index (χ4n) is 7.65. The standard InChI is InChI=1S/C37H51N5O3.2ClH/c1-37(2,3)29-8-4-26(5-9-29)33-22-27(7-11-34(33)45-32-12-15-40-25-32)36(43)42-18-13-31(14-19-42)44-35-23-30(10-6-28(35)24-38)41-20-16-39-17-21-41;;/h6-7,10-11,22-23,26,29,31-32,39-40H,4-5,8-9,12-21,25H2,1-3H3;2*1H/t26-,29-,32-;;/m0../s1. The Morgan fingerprint density at radius 1 is 0.809 bits per heavy atom. The first kappa shape index (κ1) is 37.1. The molecule has 4 aliphatic rings. The zero-order valence-corrected chi connectivity index (χ0v) is 29.9. The molecule has 0 radical (unpaired) electrons. The van der Waals surface area contributed by atoms with Crippen molar-refractivity contribution < 1.29 is 14.3 Å². The number of nitriles is 1. The first-order valence-corrected chi connectivity index (χ1v) is 17.3. The predicted molar refractivity (Wildman–Crippen MR) is 193 cm³/mol. The van der Waals surface area contributed by atoms with E-state index >= 15 is 0 Å². The summed E-state index contributed by atoms with van der Waals surface area (Å²) in [6.07, 6.45) is 7.39. The topological polar surface area (TPSA) is 89.9 Å². The first-order chi connectivity index (χ1) is 21.8. The largest absolute Gasteiger partial charge is 0.489 e. The van der Waals surface area contributed by atoms with Crippen LogP contribution in [0.25, 0.3) is 0 Å². The van der Waals surface area contributed by atoms with E-state index in [1.165, 1.54) is 18.4 Å². The third-order valence-corrected chi connectivity index (χ3v) is 10.5. The smallest absolute Gasteiger partial charge is 0.253 e. The predicted octanol–water partition coefficient (Wildman–Crippen LogP) is 6.56. The van der Waals surface area contributed by atoms with Crippen LogP contribution in [0.2, 0.25) is 0 Å². The Morgan fingerprint density at radius 2 is 1.51 bits per heavy atom. The zero-order valence-electron chi connectivity index (χ0n) is 28.3. The van der Waals surface area contributed by atoms with Crippen molar-refractivity contribution in [3.63, 3.8) is 0 Å². The summed E-state index contributed by atoms with van der Waals surface area (Å²) in [5.74, 6) is 2.86. The van der Waals surface area contributed by atoms with E-state index in [1.54, 1.807) is 0 Å². The van der Waals surface area contributed by atoms with Crippen LogP contribution >= 0.6 is 24.8 Å². The van der Waals surface area contributed by atoms with Gasteiger partial charge in [0.15, 0.2) is 0 Å². The van der Waals surface area contributed by atoms with Crippen LogP contribution in [-0.4, -0.2) is 75.4 Å². The van der Waals surface area contributed by atoms with Crippen LogP contribution in [0.4, 0.5) is 5.69 Å². The Bertz CT molecular complexity index is 1370. The number of anilines is 1. The quantitative estimate of drug-likeness (QED) is 0.341. The summed E-state index contributed by atoms with van der Waals surface area (Å²) >= 11 is 0. The average Bonchev–Trinajstić information content (AvgIpc) is 3.58. The summed E-state index contributed by atoms with van der Waals surface area (Å²) in [7, 11) is 0. The number of carbonyl (C=O) groups excluding carboxylic acids is 1. The molecule has 1 amide bonds. The number of likely N-dealkylation sites (tertiary alicyclic amines) is 1. The summed E-state index contributed by atoms with van der Waals surface area (Å²) in [4.78, 5) is 18.1. The van der Waals surface area contributed by atoms with E-state index in [-0.39, 0.29) is 42.9 Å². The molecule has 0 unspecified atom stereocenters. The molecule has 47 heavy (non-hydrogen) atoms. The minimum atomic E-state index is -0.0243. The summed E-state index contributed by atoms with van der Waals surface area (Å²) in [5, 5.41) is 16.5. The third kappa shape index (κ3) is 9.06. The number of ether oxygens (including phenoxy) is 2. The summed E-state index contributed by atoms with van der Waals surface area (Å²) in [6, 6.07) is 14.4. The highest BCUT2D eigenvalue weighted by Crippen LogP contribution is 2.45. The van der Waals surface area contributed by atoms with E-state index in [4.69, 9.17) is 9.47 Å². The molecule has 3 aliphatic heterocycles. The van der Waals surface area contributed by atoms with E-state index in [9.17, 15) is 10.1 Å². The monoisotopic (exact) mass is 685 g/mol. The molecule has 2 aromatic rings. The second-order valence-electron chi connectivity index (χ2n) is 14.5. The lowest BCUT2D eigenvalue weighted by Gasteiger charge is -2.37. The normalized spacial score (nSPS) is 23.7. The Kier molecular flexibility index (Phi) is 13.1. The van der Waals surface area contributed by atoms with E-state index in [2.05, 4.69) is 54.5 Å². The lowest BCUT2D eigenvalue weighted by Crippen LogP contribution is -2.43. The first-order valence-electron chi connectivity index (χ1n) is 17.3. The third-order valence-electron chi connectivity index (χ3n) is 10.5. The molecule has 3 heterocycles. The number of carbonyl (C=O) groups is 1. The number of hydrogen-bond donors (Lipinski definition) is 2. The van der Waals surface area contributed by atoms with Crippen molar-refractivity contribution in [1.29, 1.82) is 5.26 Å². The molecule has 1 aliphatic carbocycles. The van der Waals surface area contributed by atoms with Gasteiger partial charge in [-0.15, -0.1) is 24.8 Å². The molecule has 1 saturated carbocycles. The molecule has 1 atom stereocenters. The maximum absolute atomic E-state index is 13.8. The van der Waals surface area contributed by atoms with Crippen molar-refractivity contribution in [2.24, 2.45) is 11.3 Å². The van der Waals surface area contributed by atoms with Gasteiger partial charge in [0.2, 0.25) is 0 Å². The van der Waals surface area contributed by atoms with Gasteiger partial charge in [-0.1, -0.05) is 20.8 Å². The number of halogens is 2. The van der Waals surface area contributed by atoms with Gasteiger partial charge in [0, 0.05) is 76.0 Å². The van der Waals surface area contributed by atoms with Gasteiger partial charge in [0.05, 0.1) is 5.56 Å². The van der Waals surface area contributed by atoms with E-state index in [0.717, 1.165) is 94.3 Å². The summed E-state index contributed by atoms with van der Waals surface area (Å²) in [6.45, 7) is 14.0. The summed E-state index contributed by atoms with van der Waals surface area (Å²) in [5.41, 5.74) is 3.96. The van der Waals surface area contributed by atoms with E-state index in [1.807, 2.05) is 29.2 Å². The number of nitrogens with zero attached hydrogens (tertiary/aromatic N) is 3. The van der Waals surface area contributed by atoms with Crippen molar-refractivity contribution in [3.8, 4) is 17.6 Å². The molecule has 10 heteroatoms. The molecule has 4 fully saturated rings. The SMILES string of the molecule is CC(C)(C)[C@H]1CC[C@H](c2cc(C(=O)N3CCC(Oc4cc(N5CCNCC5)ccc4C#N)CC3)ccc2O[C@H]2CCNC2)CC1.Cl.Cl. The van der Waals surface area contributed by atoms with Crippen LogP contribution < -0.4 is 25.0 Å². The van der Waals surface area contributed by atoms with Gasteiger partial charge >= 0.3 is 0 Å². The van der Waals surface area contributed by atoms with Gasteiger partial charge in [0.25, 0.3) is 5.91 Å². The second kappa shape index (κ2) is 16.6. The Balaban J connectivity index is 0.00000250. The number of piperazine rings is 1. The second-order valence-corrected chi connectivity index (χ2v) is 14.5. The molecule has 2 N–H and O–H groups in total.